The van der Waals surface area contributed by atoms with E-state index in [-0.39, 0.29) is 17.7 Å². The van der Waals surface area contributed by atoms with Crippen LogP contribution in [0.15, 0.2) is 5.16 Å². The van der Waals surface area contributed by atoms with Crippen molar-refractivity contribution < 1.29 is 14.7 Å². The lowest BCUT2D eigenvalue weighted by Crippen LogP contribution is -2.40. The summed E-state index contributed by atoms with van der Waals surface area (Å²) in [6.45, 7) is 1.55. The summed E-state index contributed by atoms with van der Waals surface area (Å²) in [5.74, 6) is 0.470. The highest BCUT2D eigenvalue weighted by atomic mass is 16.5. The average Bonchev–Trinajstić information content (AvgIpc) is 2.75. The zero-order valence-electron chi connectivity index (χ0n) is 12.4. The quantitative estimate of drug-likeness (QED) is 0.244. The standard InChI is InChI=1S/C14H27N3O3/c1-20-11-10-17(9-8-13(15)16-19)14(18)12-6-4-2-3-5-7-12/h12,19H,2-11H2,1H3,(H2,15,16). The molecule has 0 aliphatic heterocycles. The molecule has 0 aromatic carbocycles. The van der Waals surface area contributed by atoms with E-state index in [2.05, 4.69) is 5.16 Å². The summed E-state index contributed by atoms with van der Waals surface area (Å²) in [6, 6.07) is 0. The number of amidine groups is 1. The predicted molar refractivity (Wildman–Crippen MR) is 77.7 cm³/mol. The zero-order chi connectivity index (χ0) is 14.8. The average molecular weight is 285 g/mol. The second-order valence-corrected chi connectivity index (χ2v) is 5.35. The molecule has 0 unspecified atom stereocenters. The van der Waals surface area contributed by atoms with Crippen LogP contribution >= 0.6 is 0 Å². The third-order valence-corrected chi connectivity index (χ3v) is 3.85. The Labute approximate surface area is 120 Å². The number of rotatable bonds is 7. The summed E-state index contributed by atoms with van der Waals surface area (Å²) in [7, 11) is 1.62. The minimum Gasteiger partial charge on any atom is -0.409 e. The van der Waals surface area contributed by atoms with Gasteiger partial charge in [0.2, 0.25) is 5.91 Å². The molecule has 0 atom stereocenters. The smallest absolute Gasteiger partial charge is 0.225 e. The Morgan fingerprint density at radius 1 is 1.30 bits per heavy atom. The summed E-state index contributed by atoms with van der Waals surface area (Å²) in [6.07, 6.45) is 7.07. The highest BCUT2D eigenvalue weighted by Gasteiger charge is 2.24. The molecule has 0 aromatic heterocycles. The number of nitrogens with two attached hydrogens (primary N) is 1. The molecule has 1 amide bonds. The molecule has 1 fully saturated rings. The third-order valence-electron chi connectivity index (χ3n) is 3.85. The van der Waals surface area contributed by atoms with Crippen molar-refractivity contribution in [2.75, 3.05) is 26.8 Å². The molecule has 20 heavy (non-hydrogen) atoms. The first kappa shape index (κ1) is 16.8. The molecule has 0 heterocycles. The minimum atomic E-state index is 0.127. The van der Waals surface area contributed by atoms with Crippen LogP contribution in [0.1, 0.15) is 44.9 Å². The van der Waals surface area contributed by atoms with E-state index in [1.54, 1.807) is 12.0 Å². The van der Waals surface area contributed by atoms with Crippen LogP contribution in [0.5, 0.6) is 0 Å². The van der Waals surface area contributed by atoms with Gasteiger partial charge in [0.05, 0.1) is 6.61 Å². The zero-order valence-corrected chi connectivity index (χ0v) is 12.4. The number of hydrogen-bond acceptors (Lipinski definition) is 4. The van der Waals surface area contributed by atoms with Gasteiger partial charge in [-0.15, -0.1) is 0 Å². The topological polar surface area (TPSA) is 88.2 Å². The molecule has 1 saturated carbocycles. The van der Waals surface area contributed by atoms with E-state index < -0.39 is 0 Å². The van der Waals surface area contributed by atoms with E-state index in [1.807, 2.05) is 0 Å². The van der Waals surface area contributed by atoms with E-state index >= 15 is 0 Å². The molecule has 0 aromatic rings. The van der Waals surface area contributed by atoms with Crippen molar-refractivity contribution >= 4 is 11.7 Å². The molecule has 0 bridgehead atoms. The molecule has 1 aliphatic carbocycles. The lowest BCUT2D eigenvalue weighted by Gasteiger charge is -2.26. The highest BCUT2D eigenvalue weighted by molar-refractivity contribution is 5.82. The molecule has 1 rings (SSSR count). The van der Waals surface area contributed by atoms with Crippen LogP contribution in [0.3, 0.4) is 0 Å². The monoisotopic (exact) mass is 285 g/mol. The van der Waals surface area contributed by atoms with Crippen LogP contribution in [0.2, 0.25) is 0 Å². The van der Waals surface area contributed by atoms with E-state index in [9.17, 15) is 4.79 Å². The van der Waals surface area contributed by atoms with Gasteiger partial charge in [-0.2, -0.15) is 0 Å². The number of carbonyl (C=O) groups excluding carboxylic acids is 1. The number of hydrogen-bond donors (Lipinski definition) is 2. The summed E-state index contributed by atoms with van der Waals surface area (Å²) in [4.78, 5) is 14.4. The first-order valence-electron chi connectivity index (χ1n) is 7.43. The lowest BCUT2D eigenvalue weighted by molar-refractivity contribution is -0.136. The van der Waals surface area contributed by atoms with Gasteiger partial charge in [0.25, 0.3) is 0 Å². The fourth-order valence-electron chi connectivity index (χ4n) is 2.62. The fraction of sp³-hybridized carbons (Fsp3) is 0.857. The third kappa shape index (κ3) is 5.77. The van der Waals surface area contributed by atoms with Gasteiger partial charge in [0.1, 0.15) is 5.84 Å². The van der Waals surface area contributed by atoms with Crippen molar-refractivity contribution in [2.24, 2.45) is 16.8 Å². The van der Waals surface area contributed by atoms with Gasteiger partial charge >= 0.3 is 0 Å². The van der Waals surface area contributed by atoms with Crippen molar-refractivity contribution in [2.45, 2.75) is 44.9 Å². The number of carbonyl (C=O) groups is 1. The van der Waals surface area contributed by atoms with E-state index in [4.69, 9.17) is 15.7 Å². The van der Waals surface area contributed by atoms with Crippen molar-refractivity contribution in [3.63, 3.8) is 0 Å². The maximum atomic E-state index is 12.6. The Kier molecular flexibility index (Phi) is 8.02. The molecule has 0 radical (unpaired) electrons. The number of oxime groups is 1. The van der Waals surface area contributed by atoms with Gasteiger partial charge in [-0.05, 0) is 12.8 Å². The number of nitrogens with zero attached hydrogens (tertiary/aromatic N) is 2. The molecule has 0 spiro atoms. The van der Waals surface area contributed by atoms with Gasteiger partial charge in [-0.25, -0.2) is 0 Å². The first-order chi connectivity index (χ1) is 9.69. The first-order valence-corrected chi connectivity index (χ1v) is 7.43. The maximum absolute atomic E-state index is 12.6. The minimum absolute atomic E-state index is 0.127. The van der Waals surface area contributed by atoms with Crippen LogP contribution in [0, 0.1) is 5.92 Å². The summed E-state index contributed by atoms with van der Waals surface area (Å²) in [5.41, 5.74) is 5.48. The van der Waals surface area contributed by atoms with E-state index in [0.29, 0.717) is 26.1 Å². The van der Waals surface area contributed by atoms with E-state index in [1.165, 1.54) is 12.8 Å². The Hall–Kier alpha value is -1.30. The molecular weight excluding hydrogens is 258 g/mol. The van der Waals surface area contributed by atoms with Crippen LogP contribution in [0.4, 0.5) is 0 Å². The van der Waals surface area contributed by atoms with E-state index in [0.717, 1.165) is 25.7 Å². The largest absolute Gasteiger partial charge is 0.409 e. The normalized spacial score (nSPS) is 17.8. The Morgan fingerprint density at radius 2 is 1.95 bits per heavy atom. The summed E-state index contributed by atoms with van der Waals surface area (Å²) in [5, 5.41) is 11.5. The van der Waals surface area contributed by atoms with Crippen molar-refractivity contribution in [3.8, 4) is 0 Å². The van der Waals surface area contributed by atoms with Crippen LogP contribution in [0.25, 0.3) is 0 Å². The van der Waals surface area contributed by atoms with Gasteiger partial charge in [0, 0.05) is 32.5 Å². The van der Waals surface area contributed by atoms with Crippen molar-refractivity contribution in [1.29, 1.82) is 0 Å². The van der Waals surface area contributed by atoms with Crippen LogP contribution < -0.4 is 5.73 Å². The van der Waals surface area contributed by atoms with Gasteiger partial charge in [-0.1, -0.05) is 30.8 Å². The molecule has 6 nitrogen and oxygen atoms in total. The SMILES string of the molecule is COCCN(CCC(N)=NO)C(=O)C1CCCCCC1. The molecule has 1 aliphatic rings. The molecule has 0 saturated heterocycles. The Bertz CT molecular complexity index is 313. The number of ether oxygens (including phenoxy) is 1. The van der Waals surface area contributed by atoms with Crippen molar-refractivity contribution in [3.05, 3.63) is 0 Å². The maximum Gasteiger partial charge on any atom is 0.225 e. The van der Waals surface area contributed by atoms with Gasteiger partial charge in [-0.3, -0.25) is 4.79 Å². The van der Waals surface area contributed by atoms with Gasteiger partial charge < -0.3 is 20.6 Å². The number of methoxy groups -OCH3 is 1. The predicted octanol–water partition coefficient (Wildman–Crippen LogP) is 1.57. The number of amides is 1. The highest BCUT2D eigenvalue weighted by Crippen LogP contribution is 2.24. The van der Waals surface area contributed by atoms with Crippen LogP contribution in [-0.2, 0) is 9.53 Å². The summed E-state index contributed by atoms with van der Waals surface area (Å²) < 4.78 is 5.06. The molecule has 6 heteroatoms. The van der Waals surface area contributed by atoms with Crippen molar-refractivity contribution in [1.82, 2.24) is 4.90 Å². The lowest BCUT2D eigenvalue weighted by atomic mass is 9.98. The van der Waals surface area contributed by atoms with Crippen LogP contribution in [-0.4, -0.2) is 48.7 Å². The molecular formula is C14H27N3O3. The summed E-state index contributed by atoms with van der Waals surface area (Å²) >= 11 is 0. The molecule has 116 valence electrons. The van der Waals surface area contributed by atoms with Gasteiger partial charge in [0.15, 0.2) is 0 Å². The molecule has 3 N–H and O–H groups in total. The fourth-order valence-corrected chi connectivity index (χ4v) is 2.62. The Balaban J connectivity index is 2.57. The second-order valence-electron chi connectivity index (χ2n) is 5.35. The Morgan fingerprint density at radius 3 is 2.50 bits per heavy atom. The second kappa shape index (κ2) is 9.58.